The summed E-state index contributed by atoms with van der Waals surface area (Å²) < 4.78 is 34.1. The summed E-state index contributed by atoms with van der Waals surface area (Å²) in [6.07, 6.45) is 0.657. The van der Waals surface area contributed by atoms with Crippen LogP contribution in [0.2, 0.25) is 5.02 Å². The molecule has 0 aliphatic rings. The molecular formula is C26H29ClN2O4S. The van der Waals surface area contributed by atoms with Crippen molar-refractivity contribution in [1.29, 1.82) is 0 Å². The minimum absolute atomic E-state index is 0.0344. The topological polar surface area (TPSA) is 84.5 Å². The van der Waals surface area contributed by atoms with E-state index in [9.17, 15) is 13.2 Å². The van der Waals surface area contributed by atoms with Gasteiger partial charge in [-0.25, -0.2) is 8.42 Å². The number of methoxy groups -OCH3 is 1. The number of ether oxygens (including phenoxy) is 1. The molecule has 8 heteroatoms. The molecule has 3 aromatic rings. The first kappa shape index (κ1) is 25.6. The number of carbonyl (C=O) groups excluding carboxylic acids is 1. The summed E-state index contributed by atoms with van der Waals surface area (Å²) in [5.41, 5.74) is 4.34. The van der Waals surface area contributed by atoms with Crippen molar-refractivity contribution in [2.45, 2.75) is 45.1 Å². The van der Waals surface area contributed by atoms with Gasteiger partial charge in [-0.3, -0.25) is 9.52 Å². The molecule has 0 aromatic heterocycles. The van der Waals surface area contributed by atoms with E-state index >= 15 is 0 Å². The fourth-order valence-corrected chi connectivity index (χ4v) is 5.34. The third-order valence-corrected chi connectivity index (χ3v) is 7.71. The maximum absolute atomic E-state index is 13.1. The summed E-state index contributed by atoms with van der Waals surface area (Å²) in [6.45, 7) is 7.65. The average Bonchev–Trinajstić information content (AvgIpc) is 2.80. The standard InChI is InChI=1S/C26H29ClN2O4S/c1-6-22(19-11-13-24(33-5)17(3)14-19)28-26(30)20-10-12-21(27)25(15-20)34(31,32)29-23-9-7-8-16(2)18(23)4/h7-15,22,29H,6H2,1-5H3,(H,28,30)/t22-/m1/s1. The molecule has 180 valence electrons. The Morgan fingerprint density at radius 2 is 1.76 bits per heavy atom. The first-order valence-corrected chi connectivity index (χ1v) is 12.8. The second kappa shape index (κ2) is 10.5. The molecule has 2 N–H and O–H groups in total. The van der Waals surface area contributed by atoms with E-state index in [4.69, 9.17) is 16.3 Å². The SMILES string of the molecule is CC[C@@H](NC(=O)c1ccc(Cl)c(S(=O)(=O)Nc2cccc(C)c2C)c1)c1ccc(OC)c(C)c1. The van der Waals surface area contributed by atoms with Gasteiger partial charge >= 0.3 is 0 Å². The van der Waals surface area contributed by atoms with Gasteiger partial charge in [-0.05, 0) is 79.8 Å². The van der Waals surface area contributed by atoms with Crippen LogP contribution in [-0.4, -0.2) is 21.4 Å². The van der Waals surface area contributed by atoms with Crippen molar-refractivity contribution in [3.63, 3.8) is 0 Å². The molecule has 6 nitrogen and oxygen atoms in total. The summed E-state index contributed by atoms with van der Waals surface area (Å²) in [7, 11) is -2.40. The largest absolute Gasteiger partial charge is 0.496 e. The Labute approximate surface area is 206 Å². The molecule has 0 unspecified atom stereocenters. The number of hydrogen-bond donors (Lipinski definition) is 2. The molecule has 3 rings (SSSR count). The van der Waals surface area contributed by atoms with E-state index < -0.39 is 10.0 Å². The zero-order valence-corrected chi connectivity index (χ0v) is 21.5. The van der Waals surface area contributed by atoms with Crippen molar-refractivity contribution in [2.24, 2.45) is 0 Å². The number of carbonyl (C=O) groups is 1. The predicted octanol–water partition coefficient (Wildman–Crippen LogP) is 5.96. The van der Waals surface area contributed by atoms with Gasteiger partial charge in [0.15, 0.2) is 0 Å². The van der Waals surface area contributed by atoms with Crippen molar-refractivity contribution in [1.82, 2.24) is 5.32 Å². The molecule has 0 spiro atoms. The van der Waals surface area contributed by atoms with E-state index in [2.05, 4.69) is 10.0 Å². The highest BCUT2D eigenvalue weighted by molar-refractivity contribution is 7.92. The van der Waals surface area contributed by atoms with Gasteiger partial charge in [0.25, 0.3) is 15.9 Å². The monoisotopic (exact) mass is 500 g/mol. The predicted molar refractivity (Wildman–Crippen MR) is 136 cm³/mol. The Bertz CT molecular complexity index is 1320. The van der Waals surface area contributed by atoms with Crippen LogP contribution in [0.4, 0.5) is 5.69 Å². The van der Waals surface area contributed by atoms with Gasteiger partial charge in [0.1, 0.15) is 10.6 Å². The van der Waals surface area contributed by atoms with Crippen LogP contribution < -0.4 is 14.8 Å². The summed E-state index contributed by atoms with van der Waals surface area (Å²) in [5.74, 6) is 0.383. The third-order valence-electron chi connectivity index (χ3n) is 5.87. The van der Waals surface area contributed by atoms with Crippen LogP contribution in [0.25, 0.3) is 0 Å². The van der Waals surface area contributed by atoms with E-state index in [0.717, 1.165) is 28.0 Å². The molecule has 3 aromatic carbocycles. The zero-order chi connectivity index (χ0) is 25.0. The number of hydrogen-bond acceptors (Lipinski definition) is 4. The highest BCUT2D eigenvalue weighted by atomic mass is 35.5. The molecule has 1 atom stereocenters. The zero-order valence-electron chi connectivity index (χ0n) is 19.9. The van der Waals surface area contributed by atoms with Gasteiger partial charge in [-0.15, -0.1) is 0 Å². The molecule has 0 aliphatic heterocycles. The van der Waals surface area contributed by atoms with Crippen LogP contribution in [0, 0.1) is 20.8 Å². The number of rotatable bonds is 8. The quantitative estimate of drug-likeness (QED) is 0.400. The lowest BCUT2D eigenvalue weighted by atomic mass is 10.0. The number of sulfonamides is 1. The van der Waals surface area contributed by atoms with Crippen LogP contribution in [0.15, 0.2) is 59.5 Å². The molecule has 0 saturated carbocycles. The lowest BCUT2D eigenvalue weighted by Crippen LogP contribution is -2.28. The third kappa shape index (κ3) is 5.54. The number of benzene rings is 3. The van der Waals surface area contributed by atoms with Gasteiger partial charge in [0, 0.05) is 5.56 Å². The molecule has 0 fully saturated rings. The van der Waals surface area contributed by atoms with Crippen LogP contribution in [0.5, 0.6) is 5.75 Å². The lowest BCUT2D eigenvalue weighted by Gasteiger charge is -2.19. The van der Waals surface area contributed by atoms with Crippen molar-refractivity contribution >= 4 is 33.2 Å². The fourth-order valence-electron chi connectivity index (χ4n) is 3.69. The first-order valence-electron chi connectivity index (χ1n) is 10.9. The van der Waals surface area contributed by atoms with E-state index in [1.54, 1.807) is 19.2 Å². The summed E-state index contributed by atoms with van der Waals surface area (Å²) in [5, 5.41) is 3.02. The van der Waals surface area contributed by atoms with E-state index in [1.165, 1.54) is 18.2 Å². The molecule has 0 radical (unpaired) electrons. The Kier molecular flexibility index (Phi) is 7.89. The van der Waals surface area contributed by atoms with Crippen LogP contribution >= 0.6 is 11.6 Å². The van der Waals surface area contributed by atoms with Gasteiger partial charge in [-0.2, -0.15) is 0 Å². The Hall–Kier alpha value is -3.03. The maximum Gasteiger partial charge on any atom is 0.263 e. The molecule has 0 aliphatic carbocycles. The number of aryl methyl sites for hydroxylation is 2. The van der Waals surface area contributed by atoms with Crippen LogP contribution in [0.3, 0.4) is 0 Å². The molecule has 0 bridgehead atoms. The lowest BCUT2D eigenvalue weighted by molar-refractivity contribution is 0.0935. The molecule has 0 heterocycles. The van der Waals surface area contributed by atoms with Gasteiger partial charge < -0.3 is 10.1 Å². The fraction of sp³-hybridized carbons (Fsp3) is 0.269. The smallest absolute Gasteiger partial charge is 0.263 e. The molecular weight excluding hydrogens is 472 g/mol. The van der Waals surface area contributed by atoms with Crippen molar-refractivity contribution in [3.8, 4) is 5.75 Å². The second-order valence-corrected chi connectivity index (χ2v) is 10.2. The Morgan fingerprint density at radius 1 is 1.03 bits per heavy atom. The highest BCUT2D eigenvalue weighted by Gasteiger charge is 2.22. The van der Waals surface area contributed by atoms with Crippen LogP contribution in [-0.2, 0) is 10.0 Å². The summed E-state index contributed by atoms with van der Waals surface area (Å²) in [4.78, 5) is 12.9. The Morgan fingerprint density at radius 3 is 2.41 bits per heavy atom. The van der Waals surface area contributed by atoms with Crippen molar-refractivity contribution < 1.29 is 17.9 Å². The Balaban J connectivity index is 1.87. The van der Waals surface area contributed by atoms with E-state index in [1.807, 2.05) is 52.0 Å². The van der Waals surface area contributed by atoms with Crippen molar-refractivity contribution in [3.05, 3.63) is 87.4 Å². The van der Waals surface area contributed by atoms with Gasteiger partial charge in [0.05, 0.1) is 23.9 Å². The van der Waals surface area contributed by atoms with E-state index in [-0.39, 0.29) is 27.4 Å². The number of nitrogens with one attached hydrogen (secondary N) is 2. The number of anilines is 1. The number of halogens is 1. The van der Waals surface area contributed by atoms with Crippen LogP contribution in [0.1, 0.15) is 52.0 Å². The second-order valence-electron chi connectivity index (χ2n) is 8.16. The molecule has 34 heavy (non-hydrogen) atoms. The first-order chi connectivity index (χ1) is 16.1. The van der Waals surface area contributed by atoms with Gasteiger partial charge in [-0.1, -0.05) is 42.8 Å². The number of amides is 1. The molecule has 0 saturated heterocycles. The minimum atomic E-state index is -4.01. The van der Waals surface area contributed by atoms with Gasteiger partial charge in [0.2, 0.25) is 0 Å². The molecule has 1 amide bonds. The summed E-state index contributed by atoms with van der Waals surface area (Å²) >= 11 is 6.23. The van der Waals surface area contributed by atoms with Crippen molar-refractivity contribution in [2.75, 3.05) is 11.8 Å². The maximum atomic E-state index is 13.1. The minimum Gasteiger partial charge on any atom is -0.496 e. The average molecular weight is 501 g/mol. The van der Waals surface area contributed by atoms with E-state index in [0.29, 0.717) is 12.1 Å². The highest BCUT2D eigenvalue weighted by Crippen LogP contribution is 2.28. The summed E-state index contributed by atoms with van der Waals surface area (Å²) in [6, 6.07) is 15.1. The normalized spacial score (nSPS) is 12.2.